The highest BCUT2D eigenvalue weighted by Gasteiger charge is 2.27. The molecule has 1 heterocycles. The maximum atomic E-state index is 6.42. The summed E-state index contributed by atoms with van der Waals surface area (Å²) in [6, 6.07) is 7.50. The molecule has 1 aliphatic heterocycles. The number of hydrogen-bond donors (Lipinski definition) is 1. The Hall–Kier alpha value is -0.860. The predicted molar refractivity (Wildman–Crippen MR) is 77.7 cm³/mol. The van der Waals surface area contributed by atoms with E-state index < -0.39 is 0 Å². The lowest BCUT2D eigenvalue weighted by molar-refractivity contribution is 0.195. The zero-order chi connectivity index (χ0) is 13.1. The lowest BCUT2D eigenvalue weighted by Gasteiger charge is -2.33. The summed E-state index contributed by atoms with van der Waals surface area (Å²) >= 11 is 0. The molecule has 0 aliphatic carbocycles. The summed E-state index contributed by atoms with van der Waals surface area (Å²) in [5, 5.41) is 0. The van der Waals surface area contributed by atoms with Crippen molar-refractivity contribution in [1.29, 1.82) is 0 Å². The van der Waals surface area contributed by atoms with Crippen LogP contribution in [0.3, 0.4) is 0 Å². The first kappa shape index (κ1) is 13.6. The van der Waals surface area contributed by atoms with Crippen molar-refractivity contribution in [3.63, 3.8) is 0 Å². The second-order valence-corrected chi connectivity index (χ2v) is 5.58. The van der Waals surface area contributed by atoms with Gasteiger partial charge in [0.25, 0.3) is 0 Å². The van der Waals surface area contributed by atoms with E-state index in [1.807, 2.05) is 0 Å². The van der Waals surface area contributed by atoms with Gasteiger partial charge in [0, 0.05) is 12.1 Å². The summed E-state index contributed by atoms with van der Waals surface area (Å²) < 4.78 is 0. The molecule has 18 heavy (non-hydrogen) atoms. The van der Waals surface area contributed by atoms with Crippen molar-refractivity contribution < 1.29 is 0 Å². The van der Waals surface area contributed by atoms with Gasteiger partial charge in [0.1, 0.15) is 0 Å². The van der Waals surface area contributed by atoms with Crippen molar-refractivity contribution in [1.82, 2.24) is 4.90 Å². The van der Waals surface area contributed by atoms with Crippen LogP contribution in [0.25, 0.3) is 0 Å². The number of hydrogen-bond acceptors (Lipinski definition) is 2. The minimum absolute atomic E-state index is 0.273. The Morgan fingerprint density at radius 3 is 2.67 bits per heavy atom. The molecule has 0 aromatic heterocycles. The monoisotopic (exact) mass is 246 g/mol. The van der Waals surface area contributed by atoms with E-state index in [0.29, 0.717) is 6.04 Å². The molecule has 2 unspecified atom stereocenters. The second kappa shape index (κ2) is 5.85. The Morgan fingerprint density at radius 2 is 2.00 bits per heavy atom. The van der Waals surface area contributed by atoms with Crippen molar-refractivity contribution in [2.75, 3.05) is 13.1 Å². The molecule has 100 valence electrons. The molecule has 2 N–H and O–H groups in total. The Kier molecular flexibility index (Phi) is 4.41. The Labute approximate surface area is 111 Å². The van der Waals surface area contributed by atoms with Crippen LogP contribution in [0.2, 0.25) is 0 Å². The van der Waals surface area contributed by atoms with Crippen LogP contribution in [0.4, 0.5) is 0 Å². The third-order valence-corrected chi connectivity index (χ3v) is 4.31. The second-order valence-electron chi connectivity index (χ2n) is 5.58. The van der Waals surface area contributed by atoms with Gasteiger partial charge in [-0.25, -0.2) is 0 Å². The Morgan fingerprint density at radius 1 is 1.22 bits per heavy atom. The van der Waals surface area contributed by atoms with E-state index in [0.717, 1.165) is 13.0 Å². The molecule has 1 aromatic carbocycles. The molecule has 2 nitrogen and oxygen atoms in total. The maximum Gasteiger partial charge on any atom is 0.0499 e. The molecule has 1 aromatic rings. The van der Waals surface area contributed by atoms with Crippen LogP contribution in [0, 0.1) is 13.8 Å². The largest absolute Gasteiger partial charge is 0.326 e. The topological polar surface area (TPSA) is 29.3 Å². The first-order valence-electron chi connectivity index (χ1n) is 7.20. The van der Waals surface area contributed by atoms with Crippen molar-refractivity contribution in [2.24, 2.45) is 5.73 Å². The minimum atomic E-state index is 0.273. The van der Waals surface area contributed by atoms with Crippen molar-refractivity contribution in [2.45, 2.75) is 52.1 Å². The zero-order valence-corrected chi connectivity index (χ0v) is 11.9. The van der Waals surface area contributed by atoms with Gasteiger partial charge in [-0.2, -0.15) is 0 Å². The fraction of sp³-hybridized carbons (Fsp3) is 0.625. The summed E-state index contributed by atoms with van der Waals surface area (Å²) in [5.41, 5.74) is 10.6. The molecule has 1 saturated heterocycles. The number of aryl methyl sites for hydroxylation is 2. The van der Waals surface area contributed by atoms with Crippen LogP contribution >= 0.6 is 0 Å². The van der Waals surface area contributed by atoms with Gasteiger partial charge >= 0.3 is 0 Å². The standard InChI is InChI=1S/C16H26N2/c1-4-18-10-6-5-7-15(17)16(18)14-9-8-12(2)13(3)11-14/h8-9,11,15-16H,4-7,10,17H2,1-3H3. The van der Waals surface area contributed by atoms with Gasteiger partial charge in [-0.1, -0.05) is 31.5 Å². The normalized spacial score (nSPS) is 26.0. The van der Waals surface area contributed by atoms with E-state index in [2.05, 4.69) is 43.9 Å². The van der Waals surface area contributed by atoms with Gasteiger partial charge in [-0.05, 0) is 56.5 Å². The van der Waals surface area contributed by atoms with E-state index >= 15 is 0 Å². The predicted octanol–water partition coefficient (Wildman–Crippen LogP) is 3.18. The lowest BCUT2D eigenvalue weighted by atomic mass is 9.94. The molecule has 1 aliphatic rings. The number of benzene rings is 1. The summed E-state index contributed by atoms with van der Waals surface area (Å²) in [7, 11) is 0. The van der Waals surface area contributed by atoms with E-state index in [9.17, 15) is 0 Å². The SMILES string of the molecule is CCN1CCCCC(N)C1c1ccc(C)c(C)c1. The van der Waals surface area contributed by atoms with E-state index in [-0.39, 0.29) is 6.04 Å². The van der Waals surface area contributed by atoms with Crippen LogP contribution in [0.1, 0.15) is 48.9 Å². The minimum Gasteiger partial charge on any atom is -0.326 e. The quantitative estimate of drug-likeness (QED) is 0.868. The average Bonchev–Trinajstić information content (AvgIpc) is 2.54. The van der Waals surface area contributed by atoms with Crippen molar-refractivity contribution >= 4 is 0 Å². The van der Waals surface area contributed by atoms with Crippen LogP contribution < -0.4 is 5.73 Å². The van der Waals surface area contributed by atoms with Crippen molar-refractivity contribution in [3.05, 3.63) is 34.9 Å². The number of nitrogens with two attached hydrogens (primary N) is 1. The first-order chi connectivity index (χ1) is 8.63. The number of rotatable bonds is 2. The summed E-state index contributed by atoms with van der Waals surface area (Å²) in [4.78, 5) is 2.54. The Bertz CT molecular complexity index is 400. The van der Waals surface area contributed by atoms with Gasteiger partial charge in [-0.3, -0.25) is 4.90 Å². The molecule has 0 bridgehead atoms. The molecular weight excluding hydrogens is 220 g/mol. The van der Waals surface area contributed by atoms with Gasteiger partial charge < -0.3 is 5.73 Å². The zero-order valence-electron chi connectivity index (χ0n) is 11.9. The molecule has 2 rings (SSSR count). The molecule has 0 amide bonds. The third kappa shape index (κ3) is 2.76. The molecular formula is C16H26N2. The maximum absolute atomic E-state index is 6.42. The molecule has 0 saturated carbocycles. The molecule has 2 atom stereocenters. The fourth-order valence-corrected chi connectivity index (χ4v) is 3.02. The number of likely N-dealkylation sites (N-methyl/N-ethyl adjacent to an activating group) is 1. The van der Waals surface area contributed by atoms with E-state index in [4.69, 9.17) is 5.73 Å². The highest BCUT2D eigenvalue weighted by molar-refractivity contribution is 5.32. The number of nitrogens with zero attached hydrogens (tertiary/aromatic N) is 1. The first-order valence-corrected chi connectivity index (χ1v) is 7.20. The van der Waals surface area contributed by atoms with Gasteiger partial charge in [0.2, 0.25) is 0 Å². The molecule has 0 spiro atoms. The van der Waals surface area contributed by atoms with Crippen LogP contribution in [0.5, 0.6) is 0 Å². The molecule has 1 fully saturated rings. The Balaban J connectivity index is 2.33. The highest BCUT2D eigenvalue weighted by atomic mass is 15.2. The van der Waals surface area contributed by atoms with Gasteiger partial charge in [-0.15, -0.1) is 0 Å². The fourth-order valence-electron chi connectivity index (χ4n) is 3.02. The van der Waals surface area contributed by atoms with Gasteiger partial charge in [0.05, 0.1) is 0 Å². The average molecular weight is 246 g/mol. The summed E-state index contributed by atoms with van der Waals surface area (Å²) in [6.07, 6.45) is 3.69. The smallest absolute Gasteiger partial charge is 0.0499 e. The summed E-state index contributed by atoms with van der Waals surface area (Å²) in [6.45, 7) is 8.88. The number of likely N-dealkylation sites (tertiary alicyclic amines) is 1. The lowest BCUT2D eigenvalue weighted by Crippen LogP contribution is -2.39. The van der Waals surface area contributed by atoms with Crippen LogP contribution in [-0.2, 0) is 0 Å². The van der Waals surface area contributed by atoms with E-state index in [1.165, 1.54) is 36.1 Å². The summed E-state index contributed by atoms with van der Waals surface area (Å²) in [5.74, 6) is 0. The van der Waals surface area contributed by atoms with Crippen LogP contribution in [-0.4, -0.2) is 24.0 Å². The van der Waals surface area contributed by atoms with Crippen molar-refractivity contribution in [3.8, 4) is 0 Å². The van der Waals surface area contributed by atoms with E-state index in [1.54, 1.807) is 0 Å². The molecule has 0 radical (unpaired) electrons. The molecule has 2 heteroatoms. The van der Waals surface area contributed by atoms with Crippen LogP contribution in [0.15, 0.2) is 18.2 Å². The van der Waals surface area contributed by atoms with Gasteiger partial charge in [0.15, 0.2) is 0 Å². The highest BCUT2D eigenvalue weighted by Crippen LogP contribution is 2.30. The third-order valence-electron chi connectivity index (χ3n) is 4.31.